The van der Waals surface area contributed by atoms with E-state index in [1.54, 1.807) is 20.7 Å². The Morgan fingerprint density at radius 2 is 1.87 bits per heavy atom. The van der Waals surface area contributed by atoms with E-state index in [1.807, 2.05) is 64.5 Å². The highest BCUT2D eigenvalue weighted by molar-refractivity contribution is 7.16. The Bertz CT molecular complexity index is 1700. The van der Waals surface area contributed by atoms with Crippen LogP contribution in [-0.4, -0.2) is 101 Å². The molecule has 0 spiro atoms. The van der Waals surface area contributed by atoms with E-state index in [-0.39, 0.29) is 29.6 Å². The van der Waals surface area contributed by atoms with Crippen molar-refractivity contribution in [3.63, 3.8) is 0 Å². The summed E-state index contributed by atoms with van der Waals surface area (Å²) in [5, 5.41) is 27.0. The number of ether oxygens (including phenoxy) is 1. The first kappa shape index (κ1) is 30.6. The van der Waals surface area contributed by atoms with Crippen molar-refractivity contribution >= 4 is 29.2 Å². The number of β-amino-alcohol motifs (C(OH)–C–C–N with tert-alkyl or cyclic N) is 1. The lowest BCUT2D eigenvalue weighted by molar-refractivity contribution is 0.0206. The molecule has 2 N–H and O–H groups in total. The van der Waals surface area contributed by atoms with Crippen molar-refractivity contribution in [2.75, 3.05) is 31.5 Å². The largest absolute Gasteiger partial charge is 0.444 e. The molecule has 2 unspecified atom stereocenters. The number of amides is 2. The number of aromatic nitrogens is 6. The van der Waals surface area contributed by atoms with E-state index in [4.69, 9.17) is 14.7 Å². The molecule has 2 fully saturated rings. The third kappa shape index (κ3) is 7.12. The molecule has 4 aromatic rings. The van der Waals surface area contributed by atoms with Crippen molar-refractivity contribution in [3.05, 3.63) is 47.9 Å². The summed E-state index contributed by atoms with van der Waals surface area (Å²) in [6.07, 6.45) is 6.77. The molecule has 13 nitrogen and oxygen atoms in total. The molecule has 0 aliphatic carbocycles. The fourth-order valence-electron chi connectivity index (χ4n) is 5.46. The minimum atomic E-state index is -0.587. The summed E-state index contributed by atoms with van der Waals surface area (Å²) in [6, 6.07) is 7.85. The number of nitrogens with one attached hydrogen (secondary N) is 1. The van der Waals surface area contributed by atoms with Crippen LogP contribution in [0.3, 0.4) is 0 Å². The lowest BCUT2D eigenvalue weighted by Crippen LogP contribution is -2.47. The van der Waals surface area contributed by atoms with Crippen LogP contribution in [0.1, 0.15) is 49.8 Å². The van der Waals surface area contributed by atoms with E-state index in [2.05, 4.69) is 20.6 Å². The van der Waals surface area contributed by atoms with E-state index in [9.17, 15) is 14.7 Å². The molecule has 14 heteroatoms. The molecule has 5 heterocycles. The van der Waals surface area contributed by atoms with Crippen LogP contribution in [0.5, 0.6) is 0 Å². The van der Waals surface area contributed by atoms with Crippen LogP contribution >= 0.6 is 11.3 Å². The molecule has 2 atom stereocenters. The number of carbonyl (C=O) groups excluding carboxylic acids is 2. The number of carbonyl (C=O) groups is 2. The Morgan fingerprint density at radius 3 is 2.60 bits per heavy atom. The summed E-state index contributed by atoms with van der Waals surface area (Å²) < 4.78 is 7.39. The minimum absolute atomic E-state index is 0.102. The van der Waals surface area contributed by atoms with Gasteiger partial charge in [-0.2, -0.15) is 5.10 Å². The van der Waals surface area contributed by atoms with Crippen molar-refractivity contribution in [3.8, 4) is 33.1 Å². The summed E-state index contributed by atoms with van der Waals surface area (Å²) >= 11 is 1.17. The van der Waals surface area contributed by atoms with E-state index in [1.165, 1.54) is 11.3 Å². The Hall–Kier alpha value is -4.43. The zero-order chi connectivity index (χ0) is 31.7. The summed E-state index contributed by atoms with van der Waals surface area (Å²) in [5.74, 6) is 0.795. The topological polar surface area (TPSA) is 151 Å². The molecule has 1 aromatic carbocycles. The average Bonchev–Trinajstić information content (AvgIpc) is 3.78. The van der Waals surface area contributed by atoms with E-state index >= 15 is 0 Å². The van der Waals surface area contributed by atoms with E-state index in [0.717, 1.165) is 29.5 Å². The van der Waals surface area contributed by atoms with Crippen LogP contribution in [0.4, 0.5) is 10.6 Å². The van der Waals surface area contributed by atoms with Crippen LogP contribution in [0.15, 0.2) is 42.9 Å². The third-order valence-corrected chi connectivity index (χ3v) is 8.60. The zero-order valence-corrected chi connectivity index (χ0v) is 26.6. The van der Waals surface area contributed by atoms with Gasteiger partial charge in [-0.05, 0) is 51.7 Å². The van der Waals surface area contributed by atoms with Crippen molar-refractivity contribution in [2.24, 2.45) is 7.05 Å². The van der Waals surface area contributed by atoms with Crippen LogP contribution in [0.25, 0.3) is 33.1 Å². The monoisotopic (exact) mass is 631 g/mol. The lowest BCUT2D eigenvalue weighted by Gasteiger charge is -2.34. The van der Waals surface area contributed by atoms with Crippen LogP contribution in [0.2, 0.25) is 0 Å². The van der Waals surface area contributed by atoms with Crippen molar-refractivity contribution in [2.45, 2.75) is 57.8 Å². The highest BCUT2D eigenvalue weighted by atomic mass is 32.1. The first-order valence-electron chi connectivity index (χ1n) is 15.0. The number of piperidine rings is 1. The Labute approximate surface area is 265 Å². The summed E-state index contributed by atoms with van der Waals surface area (Å²) in [4.78, 5) is 38.9. The number of aliphatic hydroxyl groups excluding tert-OH is 1. The molecule has 0 saturated carbocycles. The van der Waals surface area contributed by atoms with Crippen LogP contribution in [-0.2, 0) is 11.8 Å². The number of aryl methyl sites for hydroxylation is 1. The quantitative estimate of drug-likeness (QED) is 0.319. The molecule has 236 valence electrons. The Balaban J connectivity index is 1.31. The second-order valence-electron chi connectivity index (χ2n) is 12.5. The van der Waals surface area contributed by atoms with E-state index in [0.29, 0.717) is 48.3 Å². The maximum atomic E-state index is 13.0. The highest BCUT2D eigenvalue weighted by Crippen LogP contribution is 2.33. The molecule has 45 heavy (non-hydrogen) atoms. The van der Waals surface area contributed by atoms with Gasteiger partial charge in [-0.1, -0.05) is 29.5 Å². The lowest BCUT2D eigenvalue weighted by atomic mass is 10.1. The normalized spacial score (nSPS) is 18.7. The van der Waals surface area contributed by atoms with Crippen LogP contribution in [0, 0.1) is 0 Å². The number of nitrogens with zero attached hydrogens (tertiary/aromatic N) is 8. The fourth-order valence-corrected chi connectivity index (χ4v) is 6.28. The number of hydrogen-bond acceptors (Lipinski definition) is 11. The standard InChI is InChI=1S/C31H37N9O4S/c1-31(2,3)44-30(43)40-11-6-9-22(17-40)34-26-24(27-36-37-28(45-27)29(42)39-12-10-23(41)18-39)15-32-25(35-26)20-8-5-7-19(13-20)21-14-33-38(4)16-21/h5,7-8,13-16,22-23,41H,6,9-12,17-18H2,1-4H3,(H,32,34,35). The van der Waals surface area contributed by atoms with Gasteiger partial charge >= 0.3 is 6.09 Å². The molecule has 0 radical (unpaired) electrons. The number of rotatable bonds is 6. The zero-order valence-electron chi connectivity index (χ0n) is 25.8. The molecule has 2 amide bonds. The first-order valence-corrected chi connectivity index (χ1v) is 15.9. The van der Waals surface area contributed by atoms with Gasteiger partial charge in [0.15, 0.2) is 10.8 Å². The van der Waals surface area contributed by atoms with Gasteiger partial charge in [-0.3, -0.25) is 9.48 Å². The van der Waals surface area contributed by atoms with Gasteiger partial charge in [-0.15, -0.1) is 10.2 Å². The molecule has 2 aliphatic rings. The molecule has 6 rings (SSSR count). The summed E-state index contributed by atoms with van der Waals surface area (Å²) in [7, 11) is 1.88. The smallest absolute Gasteiger partial charge is 0.410 e. The number of hydrogen-bond donors (Lipinski definition) is 2. The second-order valence-corrected chi connectivity index (χ2v) is 13.4. The van der Waals surface area contributed by atoms with Gasteiger partial charge in [0.05, 0.1) is 17.9 Å². The molecular formula is C31H37N9O4S. The van der Waals surface area contributed by atoms with Crippen molar-refractivity contribution in [1.82, 2.24) is 39.7 Å². The maximum absolute atomic E-state index is 13.0. The Morgan fingerprint density at radius 1 is 1.04 bits per heavy atom. The molecule has 2 aliphatic heterocycles. The minimum Gasteiger partial charge on any atom is -0.444 e. The van der Waals surface area contributed by atoms with Gasteiger partial charge in [-0.25, -0.2) is 14.8 Å². The molecule has 0 bridgehead atoms. The molecular weight excluding hydrogens is 594 g/mol. The van der Waals surface area contributed by atoms with Gasteiger partial charge in [0, 0.05) is 62.8 Å². The number of anilines is 1. The number of benzene rings is 1. The SMILES string of the molecule is Cn1cc(-c2cccc(-c3ncc(-c4nnc(C(=O)N5CCC(O)C5)s4)c(NC4CCCN(C(=O)OC(C)(C)C)C4)n3)c2)cn1. The average molecular weight is 632 g/mol. The first-order chi connectivity index (χ1) is 21.5. The van der Waals surface area contributed by atoms with Crippen molar-refractivity contribution in [1.29, 1.82) is 0 Å². The predicted molar refractivity (Wildman–Crippen MR) is 170 cm³/mol. The van der Waals surface area contributed by atoms with Gasteiger partial charge in [0.1, 0.15) is 11.4 Å². The predicted octanol–water partition coefficient (Wildman–Crippen LogP) is 4.08. The maximum Gasteiger partial charge on any atom is 0.410 e. The second kappa shape index (κ2) is 12.5. The Kier molecular flexibility index (Phi) is 8.51. The molecule has 2 saturated heterocycles. The summed E-state index contributed by atoms with van der Waals surface area (Å²) in [6.45, 7) is 7.39. The van der Waals surface area contributed by atoms with Gasteiger partial charge < -0.3 is 25.0 Å². The van der Waals surface area contributed by atoms with Gasteiger partial charge in [0.25, 0.3) is 5.91 Å². The fraction of sp³-hybridized carbons (Fsp3) is 0.452. The number of likely N-dealkylation sites (tertiary alicyclic amines) is 2. The highest BCUT2D eigenvalue weighted by Gasteiger charge is 2.30. The van der Waals surface area contributed by atoms with Crippen LogP contribution < -0.4 is 5.32 Å². The van der Waals surface area contributed by atoms with Gasteiger partial charge in [0.2, 0.25) is 5.01 Å². The molecule has 3 aromatic heterocycles. The third-order valence-electron chi connectivity index (χ3n) is 7.65. The number of aliphatic hydroxyl groups is 1. The van der Waals surface area contributed by atoms with E-state index < -0.39 is 11.7 Å². The van der Waals surface area contributed by atoms with Crippen molar-refractivity contribution < 1.29 is 19.4 Å². The summed E-state index contributed by atoms with van der Waals surface area (Å²) in [5.41, 5.74) is 2.81.